The van der Waals surface area contributed by atoms with Crippen molar-refractivity contribution in [3.05, 3.63) is 35.1 Å². The Morgan fingerprint density at radius 1 is 1.43 bits per heavy atom. The van der Waals surface area contributed by atoms with Gasteiger partial charge in [0.25, 0.3) is 0 Å². The molecule has 0 aliphatic heterocycles. The summed E-state index contributed by atoms with van der Waals surface area (Å²) in [5.41, 5.74) is 0.134. The molecule has 4 heteroatoms. The minimum atomic E-state index is -3.16. The monoisotopic (exact) mass is 202 g/mol. The van der Waals surface area contributed by atoms with E-state index in [2.05, 4.69) is 0 Å². The maximum Gasteiger partial charge on any atom is 0.300 e. The number of aryl methyl sites for hydroxylation is 1. The lowest BCUT2D eigenvalue weighted by Gasteiger charge is -2.03. The SMILES string of the molecule is CCc1ccc(F)c(C(=O)C(F)F)c1. The van der Waals surface area contributed by atoms with Gasteiger partial charge in [-0.2, -0.15) is 0 Å². The molecule has 0 N–H and O–H groups in total. The normalized spacial score (nSPS) is 10.6. The molecule has 0 aliphatic rings. The molecule has 0 radical (unpaired) electrons. The van der Waals surface area contributed by atoms with E-state index in [9.17, 15) is 18.0 Å². The van der Waals surface area contributed by atoms with E-state index < -0.39 is 23.6 Å². The van der Waals surface area contributed by atoms with E-state index in [4.69, 9.17) is 0 Å². The minimum absolute atomic E-state index is 0.528. The van der Waals surface area contributed by atoms with Crippen LogP contribution in [0.5, 0.6) is 0 Å². The predicted octanol–water partition coefficient (Wildman–Crippen LogP) is 2.84. The van der Waals surface area contributed by atoms with Gasteiger partial charge >= 0.3 is 6.43 Å². The third-order valence-corrected chi connectivity index (χ3v) is 1.90. The molecular formula is C10H9F3O. The summed E-state index contributed by atoms with van der Waals surface area (Å²) in [6.45, 7) is 1.80. The van der Waals surface area contributed by atoms with Crippen LogP contribution in [-0.4, -0.2) is 12.2 Å². The highest BCUT2D eigenvalue weighted by Crippen LogP contribution is 2.15. The summed E-state index contributed by atoms with van der Waals surface area (Å²) in [6.07, 6.45) is -2.58. The summed E-state index contributed by atoms with van der Waals surface area (Å²) < 4.78 is 37.0. The van der Waals surface area contributed by atoms with Gasteiger partial charge in [0.05, 0.1) is 5.56 Å². The number of Topliss-reactive ketones (excluding diaryl/α,β-unsaturated/α-hetero) is 1. The predicted molar refractivity (Wildman–Crippen MR) is 46.1 cm³/mol. The smallest absolute Gasteiger partial charge is 0.288 e. The molecular weight excluding hydrogens is 193 g/mol. The van der Waals surface area contributed by atoms with Crippen molar-refractivity contribution in [3.8, 4) is 0 Å². The number of benzene rings is 1. The highest BCUT2D eigenvalue weighted by Gasteiger charge is 2.21. The molecule has 14 heavy (non-hydrogen) atoms. The van der Waals surface area contributed by atoms with Crippen LogP contribution in [0.25, 0.3) is 0 Å². The van der Waals surface area contributed by atoms with Gasteiger partial charge in [0.15, 0.2) is 0 Å². The average Bonchev–Trinajstić information content (AvgIpc) is 2.17. The molecule has 0 spiro atoms. The standard InChI is InChI=1S/C10H9F3O/c1-2-6-3-4-8(11)7(5-6)9(14)10(12)13/h3-5,10H,2H2,1H3. The third kappa shape index (κ3) is 2.13. The summed E-state index contributed by atoms with van der Waals surface area (Å²) in [5.74, 6) is -2.36. The fourth-order valence-electron chi connectivity index (χ4n) is 1.10. The molecule has 1 rings (SSSR count). The zero-order valence-electron chi connectivity index (χ0n) is 7.56. The van der Waals surface area contributed by atoms with Gasteiger partial charge in [-0.15, -0.1) is 0 Å². The van der Waals surface area contributed by atoms with E-state index in [0.717, 1.165) is 6.07 Å². The molecule has 0 amide bonds. The van der Waals surface area contributed by atoms with Crippen LogP contribution in [0.2, 0.25) is 0 Å². The first-order chi connectivity index (χ1) is 6.56. The molecule has 1 aromatic carbocycles. The third-order valence-electron chi connectivity index (χ3n) is 1.90. The Balaban J connectivity index is 3.12. The average molecular weight is 202 g/mol. The number of alkyl halides is 2. The Labute approximate surface area is 79.5 Å². The van der Waals surface area contributed by atoms with E-state index in [-0.39, 0.29) is 0 Å². The zero-order chi connectivity index (χ0) is 10.7. The number of rotatable bonds is 3. The van der Waals surface area contributed by atoms with Crippen LogP contribution in [0.1, 0.15) is 22.8 Å². The first kappa shape index (κ1) is 10.8. The van der Waals surface area contributed by atoms with Crippen molar-refractivity contribution >= 4 is 5.78 Å². The molecule has 1 aromatic rings. The fraction of sp³-hybridized carbons (Fsp3) is 0.300. The first-order valence-electron chi connectivity index (χ1n) is 4.17. The van der Waals surface area contributed by atoms with Gasteiger partial charge in [0.2, 0.25) is 5.78 Å². The fourth-order valence-corrected chi connectivity index (χ4v) is 1.10. The van der Waals surface area contributed by atoms with Crippen molar-refractivity contribution in [1.29, 1.82) is 0 Å². The molecule has 0 fully saturated rings. The molecule has 0 atom stereocenters. The summed E-state index contributed by atoms with van der Waals surface area (Å²) >= 11 is 0. The number of carbonyl (C=O) groups is 1. The van der Waals surface area contributed by atoms with Crippen LogP contribution in [0.4, 0.5) is 13.2 Å². The second kappa shape index (κ2) is 4.26. The Kier molecular flexibility index (Phi) is 3.28. The van der Waals surface area contributed by atoms with E-state index >= 15 is 0 Å². The number of hydrogen-bond acceptors (Lipinski definition) is 1. The van der Waals surface area contributed by atoms with Crippen molar-refractivity contribution in [3.63, 3.8) is 0 Å². The number of halogens is 3. The van der Waals surface area contributed by atoms with E-state index in [1.54, 1.807) is 6.92 Å². The van der Waals surface area contributed by atoms with E-state index in [0.29, 0.717) is 12.0 Å². The van der Waals surface area contributed by atoms with Crippen LogP contribution in [-0.2, 0) is 6.42 Å². The number of carbonyl (C=O) groups excluding carboxylic acids is 1. The van der Waals surface area contributed by atoms with Gasteiger partial charge in [0.1, 0.15) is 5.82 Å². The molecule has 1 nitrogen and oxygen atoms in total. The van der Waals surface area contributed by atoms with Gasteiger partial charge in [-0.25, -0.2) is 13.2 Å². The highest BCUT2D eigenvalue weighted by molar-refractivity contribution is 5.98. The molecule has 0 saturated carbocycles. The van der Waals surface area contributed by atoms with Crippen molar-refractivity contribution in [2.45, 2.75) is 19.8 Å². The van der Waals surface area contributed by atoms with E-state index in [1.807, 2.05) is 0 Å². The molecule has 0 unspecified atom stereocenters. The summed E-state index contributed by atoms with van der Waals surface area (Å²) in [5, 5.41) is 0. The molecule has 0 aromatic heterocycles. The Morgan fingerprint density at radius 2 is 2.07 bits per heavy atom. The van der Waals surface area contributed by atoms with Crippen LogP contribution in [0.3, 0.4) is 0 Å². The van der Waals surface area contributed by atoms with Crippen molar-refractivity contribution in [2.24, 2.45) is 0 Å². The largest absolute Gasteiger partial charge is 0.300 e. The molecule has 76 valence electrons. The number of ketones is 1. The van der Waals surface area contributed by atoms with Gasteiger partial charge in [0, 0.05) is 0 Å². The van der Waals surface area contributed by atoms with Gasteiger partial charge in [-0.3, -0.25) is 4.79 Å². The molecule has 0 saturated heterocycles. The lowest BCUT2D eigenvalue weighted by molar-refractivity contribution is 0.0674. The lowest BCUT2D eigenvalue weighted by Crippen LogP contribution is -2.12. The second-order valence-electron chi connectivity index (χ2n) is 2.83. The molecule has 0 bridgehead atoms. The summed E-state index contributed by atoms with van der Waals surface area (Å²) in [6, 6.07) is 3.68. The molecule has 0 heterocycles. The minimum Gasteiger partial charge on any atom is -0.288 e. The van der Waals surface area contributed by atoms with Crippen LogP contribution < -0.4 is 0 Å². The summed E-state index contributed by atoms with van der Waals surface area (Å²) in [4.78, 5) is 10.8. The van der Waals surface area contributed by atoms with Crippen molar-refractivity contribution < 1.29 is 18.0 Å². The Morgan fingerprint density at radius 3 is 2.57 bits per heavy atom. The molecule has 0 aliphatic carbocycles. The maximum atomic E-state index is 13.0. The van der Waals surface area contributed by atoms with Crippen LogP contribution in [0, 0.1) is 5.82 Å². The maximum absolute atomic E-state index is 13.0. The summed E-state index contributed by atoms with van der Waals surface area (Å²) in [7, 11) is 0. The Bertz CT molecular complexity index is 347. The number of hydrogen-bond donors (Lipinski definition) is 0. The van der Waals surface area contributed by atoms with Gasteiger partial charge < -0.3 is 0 Å². The second-order valence-corrected chi connectivity index (χ2v) is 2.83. The van der Waals surface area contributed by atoms with E-state index in [1.165, 1.54) is 12.1 Å². The first-order valence-corrected chi connectivity index (χ1v) is 4.17. The Hall–Kier alpha value is -1.32. The van der Waals surface area contributed by atoms with Gasteiger partial charge in [-0.1, -0.05) is 13.0 Å². The van der Waals surface area contributed by atoms with Crippen molar-refractivity contribution in [1.82, 2.24) is 0 Å². The van der Waals surface area contributed by atoms with Gasteiger partial charge in [-0.05, 0) is 24.1 Å². The van der Waals surface area contributed by atoms with Crippen molar-refractivity contribution in [2.75, 3.05) is 0 Å². The highest BCUT2D eigenvalue weighted by atomic mass is 19.3. The topological polar surface area (TPSA) is 17.1 Å². The van der Waals surface area contributed by atoms with Crippen LogP contribution >= 0.6 is 0 Å². The zero-order valence-corrected chi connectivity index (χ0v) is 7.56. The quantitative estimate of drug-likeness (QED) is 0.689. The lowest BCUT2D eigenvalue weighted by atomic mass is 10.1. The van der Waals surface area contributed by atoms with Crippen LogP contribution in [0.15, 0.2) is 18.2 Å².